The molecule has 172 valence electrons. The molecule has 1 aromatic carbocycles. The van der Waals surface area contributed by atoms with Gasteiger partial charge in [0, 0.05) is 50.6 Å². The molecule has 1 aliphatic rings. The van der Waals surface area contributed by atoms with Gasteiger partial charge < -0.3 is 25.4 Å². The molecule has 1 amide bonds. The number of pyridine rings is 2. The Kier molecular flexibility index (Phi) is 6.10. The van der Waals surface area contributed by atoms with Crippen LogP contribution in [0.25, 0.3) is 11.1 Å². The number of piperazine rings is 1. The predicted molar refractivity (Wildman–Crippen MR) is 123 cm³/mol. The Hall–Kier alpha value is -3.79. The summed E-state index contributed by atoms with van der Waals surface area (Å²) in [6, 6.07) is 6.76. The second kappa shape index (κ2) is 8.99. The van der Waals surface area contributed by atoms with E-state index in [0.717, 1.165) is 44.0 Å². The molecule has 0 radical (unpaired) electrons. The number of aromatic nitrogens is 2. The highest BCUT2D eigenvalue weighted by Gasteiger charge is 2.19. The summed E-state index contributed by atoms with van der Waals surface area (Å²) in [6.45, 7) is 3.74. The monoisotopic (exact) mass is 454 g/mol. The van der Waals surface area contributed by atoms with Crippen molar-refractivity contribution in [2.45, 2.75) is 0 Å². The van der Waals surface area contributed by atoms with E-state index in [2.05, 4.69) is 27.1 Å². The molecule has 3 N–H and O–H groups in total. The van der Waals surface area contributed by atoms with Crippen molar-refractivity contribution in [3.63, 3.8) is 0 Å². The molecule has 0 bridgehead atoms. The van der Waals surface area contributed by atoms with Crippen molar-refractivity contribution in [2.75, 3.05) is 43.4 Å². The summed E-state index contributed by atoms with van der Waals surface area (Å²) in [4.78, 5) is 33.0. The zero-order valence-electron chi connectivity index (χ0n) is 18.3. The number of benzene rings is 1. The van der Waals surface area contributed by atoms with Gasteiger partial charge in [-0.05, 0) is 37.4 Å². The highest BCUT2D eigenvalue weighted by Crippen LogP contribution is 2.28. The fourth-order valence-electron chi connectivity index (χ4n) is 3.78. The maximum Gasteiger partial charge on any atom is 0.274 e. The number of nitrogens with one attached hydrogen (secondary N) is 1. The van der Waals surface area contributed by atoms with Crippen LogP contribution in [-0.4, -0.2) is 53.6 Å². The van der Waals surface area contributed by atoms with Gasteiger partial charge in [-0.3, -0.25) is 9.59 Å². The van der Waals surface area contributed by atoms with E-state index < -0.39 is 23.1 Å². The lowest BCUT2D eigenvalue weighted by Gasteiger charge is -2.33. The zero-order valence-corrected chi connectivity index (χ0v) is 18.3. The molecule has 10 heteroatoms. The molecular formula is C23H24F2N6O2. The van der Waals surface area contributed by atoms with Crippen molar-refractivity contribution in [3.8, 4) is 11.1 Å². The number of aryl methyl sites for hydroxylation is 1. The lowest BCUT2D eigenvalue weighted by atomic mass is 10.0. The van der Waals surface area contributed by atoms with Crippen LogP contribution in [0.1, 0.15) is 10.4 Å². The average Bonchev–Trinajstić information content (AvgIpc) is 2.79. The largest absolute Gasteiger partial charge is 0.368 e. The summed E-state index contributed by atoms with van der Waals surface area (Å²) in [5.74, 6) is -2.42. The fourth-order valence-corrected chi connectivity index (χ4v) is 3.78. The van der Waals surface area contributed by atoms with Gasteiger partial charge in [0.2, 0.25) is 0 Å². The molecule has 33 heavy (non-hydrogen) atoms. The van der Waals surface area contributed by atoms with Crippen molar-refractivity contribution < 1.29 is 13.6 Å². The van der Waals surface area contributed by atoms with Crippen molar-refractivity contribution >= 4 is 23.1 Å². The number of nitrogens with zero attached hydrogens (tertiary/aromatic N) is 4. The third-order valence-electron chi connectivity index (χ3n) is 5.68. The predicted octanol–water partition coefficient (Wildman–Crippen LogP) is 2.32. The van der Waals surface area contributed by atoms with E-state index in [9.17, 15) is 18.4 Å². The van der Waals surface area contributed by atoms with Crippen molar-refractivity contribution in [3.05, 3.63) is 70.3 Å². The summed E-state index contributed by atoms with van der Waals surface area (Å²) in [5, 5.41) is 2.95. The standard InChI is InChI=1S/C23H24F2N6O2/c1-29-5-7-31(8-6-29)16-3-4-20(27-12-16)28-19-9-14(13-30(2)23(19)33)17-10-15(24)11-18(21(17)25)22(26)32/h3-4,9-13H,5-8H2,1-2H3,(H2,26,32)(H,27,28). The molecule has 0 aliphatic carbocycles. The Labute approximate surface area is 189 Å². The van der Waals surface area contributed by atoms with Crippen LogP contribution in [0.5, 0.6) is 0 Å². The number of primary amides is 1. The van der Waals surface area contributed by atoms with E-state index in [0.29, 0.717) is 5.82 Å². The van der Waals surface area contributed by atoms with E-state index in [1.54, 1.807) is 12.3 Å². The third-order valence-corrected chi connectivity index (χ3v) is 5.68. The van der Waals surface area contributed by atoms with E-state index >= 15 is 0 Å². The number of amides is 1. The molecule has 0 unspecified atom stereocenters. The number of anilines is 3. The van der Waals surface area contributed by atoms with Gasteiger partial charge in [-0.2, -0.15) is 0 Å². The summed E-state index contributed by atoms with van der Waals surface area (Å²) in [5.41, 5.74) is 5.35. The van der Waals surface area contributed by atoms with Gasteiger partial charge in [0.1, 0.15) is 23.1 Å². The van der Waals surface area contributed by atoms with Crippen molar-refractivity contribution in [2.24, 2.45) is 12.8 Å². The number of halogens is 2. The van der Waals surface area contributed by atoms with E-state index in [1.165, 1.54) is 23.9 Å². The minimum atomic E-state index is -1.08. The van der Waals surface area contributed by atoms with Gasteiger partial charge in [0.05, 0.1) is 17.4 Å². The van der Waals surface area contributed by atoms with Crippen LogP contribution in [0.4, 0.5) is 26.0 Å². The Morgan fingerprint density at radius 1 is 1.09 bits per heavy atom. The van der Waals surface area contributed by atoms with Crippen LogP contribution >= 0.6 is 0 Å². The first-order valence-corrected chi connectivity index (χ1v) is 10.4. The molecule has 1 fully saturated rings. The number of carbonyl (C=O) groups excluding carboxylic acids is 1. The minimum Gasteiger partial charge on any atom is -0.368 e. The number of rotatable bonds is 5. The SMILES string of the molecule is CN1CCN(c2ccc(Nc3cc(-c4cc(F)cc(C(N)=O)c4F)cn(C)c3=O)nc2)CC1. The van der Waals surface area contributed by atoms with E-state index in [-0.39, 0.29) is 22.4 Å². The first-order chi connectivity index (χ1) is 15.7. The molecule has 3 aromatic rings. The Bertz CT molecular complexity index is 1250. The maximum atomic E-state index is 14.8. The van der Waals surface area contributed by atoms with Gasteiger partial charge in [0.25, 0.3) is 11.5 Å². The highest BCUT2D eigenvalue weighted by molar-refractivity contribution is 5.94. The number of hydrogen-bond donors (Lipinski definition) is 2. The maximum absolute atomic E-state index is 14.8. The van der Waals surface area contributed by atoms with Crippen molar-refractivity contribution in [1.29, 1.82) is 0 Å². The molecule has 1 aliphatic heterocycles. The summed E-state index contributed by atoms with van der Waals surface area (Å²) in [7, 11) is 3.58. The first kappa shape index (κ1) is 22.4. The van der Waals surface area contributed by atoms with Gasteiger partial charge in [-0.15, -0.1) is 0 Å². The average molecular weight is 454 g/mol. The molecule has 4 rings (SSSR count). The molecule has 8 nitrogen and oxygen atoms in total. The second-order valence-electron chi connectivity index (χ2n) is 8.05. The summed E-state index contributed by atoms with van der Waals surface area (Å²) >= 11 is 0. The molecule has 0 saturated carbocycles. The quantitative estimate of drug-likeness (QED) is 0.614. The lowest BCUT2D eigenvalue weighted by Crippen LogP contribution is -2.44. The topological polar surface area (TPSA) is 96.5 Å². The molecule has 3 heterocycles. The summed E-state index contributed by atoms with van der Waals surface area (Å²) < 4.78 is 30.1. The zero-order chi connectivity index (χ0) is 23.7. The molecule has 0 atom stereocenters. The normalized spacial score (nSPS) is 14.4. The highest BCUT2D eigenvalue weighted by atomic mass is 19.1. The Balaban J connectivity index is 1.64. The lowest BCUT2D eigenvalue weighted by molar-refractivity contribution is 0.0996. The smallest absolute Gasteiger partial charge is 0.274 e. The molecular weight excluding hydrogens is 430 g/mol. The number of likely N-dealkylation sites (N-methyl/N-ethyl adjacent to an activating group) is 1. The van der Waals surface area contributed by atoms with E-state index in [1.807, 2.05) is 6.07 Å². The van der Waals surface area contributed by atoms with Gasteiger partial charge in [-0.1, -0.05) is 0 Å². The minimum absolute atomic E-state index is 0.124. The number of hydrogen-bond acceptors (Lipinski definition) is 6. The first-order valence-electron chi connectivity index (χ1n) is 10.4. The molecule has 0 spiro atoms. The van der Waals surface area contributed by atoms with Gasteiger partial charge in [0.15, 0.2) is 0 Å². The second-order valence-corrected chi connectivity index (χ2v) is 8.05. The number of carbonyl (C=O) groups is 1. The van der Waals surface area contributed by atoms with Crippen LogP contribution < -0.4 is 21.5 Å². The Morgan fingerprint density at radius 3 is 2.45 bits per heavy atom. The number of nitrogens with two attached hydrogens (primary N) is 1. The van der Waals surface area contributed by atoms with E-state index in [4.69, 9.17) is 5.73 Å². The van der Waals surface area contributed by atoms with Crippen molar-refractivity contribution in [1.82, 2.24) is 14.5 Å². The van der Waals surface area contributed by atoms with Crippen LogP contribution in [0.15, 0.2) is 47.5 Å². The third kappa shape index (κ3) is 4.70. The summed E-state index contributed by atoms with van der Waals surface area (Å²) in [6.07, 6.45) is 3.09. The van der Waals surface area contributed by atoms with Gasteiger partial charge >= 0.3 is 0 Å². The van der Waals surface area contributed by atoms with Crippen LogP contribution in [0.2, 0.25) is 0 Å². The van der Waals surface area contributed by atoms with Crippen LogP contribution in [0, 0.1) is 11.6 Å². The Morgan fingerprint density at radius 2 is 1.82 bits per heavy atom. The molecule has 1 saturated heterocycles. The fraction of sp³-hybridized carbons (Fsp3) is 0.261. The molecule has 2 aromatic heterocycles. The van der Waals surface area contributed by atoms with Crippen LogP contribution in [-0.2, 0) is 7.05 Å². The van der Waals surface area contributed by atoms with Gasteiger partial charge in [-0.25, -0.2) is 13.8 Å². The van der Waals surface area contributed by atoms with Crippen LogP contribution in [0.3, 0.4) is 0 Å².